The van der Waals surface area contributed by atoms with Gasteiger partial charge in [-0.05, 0) is 61.4 Å². The van der Waals surface area contributed by atoms with Crippen molar-refractivity contribution in [3.8, 4) is 0 Å². The van der Waals surface area contributed by atoms with Crippen LogP contribution in [-0.2, 0) is 28.5 Å². The highest BCUT2D eigenvalue weighted by Crippen LogP contribution is 2.23. The molecular weight excluding hydrogens is 383 g/mol. The number of fused-ring (bicyclic) bond motifs is 1. The van der Waals surface area contributed by atoms with Gasteiger partial charge in [-0.15, -0.1) is 9.42 Å². The summed E-state index contributed by atoms with van der Waals surface area (Å²) in [5, 5.41) is 4.59. The maximum atomic E-state index is 10.5. The lowest BCUT2D eigenvalue weighted by Gasteiger charge is -2.11. The van der Waals surface area contributed by atoms with Crippen LogP contribution in [-0.4, -0.2) is 23.0 Å². The molecule has 0 aliphatic rings. The molecule has 0 spiro atoms. The number of rotatable bonds is 12. The fourth-order valence-electron chi connectivity index (χ4n) is 3.50. The molecule has 1 unspecified atom stereocenters. The Hall–Kier alpha value is -2.17. The van der Waals surface area contributed by atoms with Gasteiger partial charge in [0.1, 0.15) is 6.61 Å². The van der Waals surface area contributed by atoms with E-state index in [4.69, 9.17) is 4.89 Å². The summed E-state index contributed by atoms with van der Waals surface area (Å²) in [7, 11) is -2.50. The summed E-state index contributed by atoms with van der Waals surface area (Å²) in [5.74, 6) is 0. The highest BCUT2D eigenvalue weighted by molar-refractivity contribution is 7.32. The number of unbranched alkanes of at least 4 members (excludes halogenated alkanes) is 1. The van der Waals surface area contributed by atoms with E-state index < -0.39 is 8.25 Å². The minimum Gasteiger partial charge on any atom is -0.313 e. The molecule has 3 rings (SSSR count). The molecule has 0 bridgehead atoms. The number of aryl methyl sites for hydroxylation is 2. The summed E-state index contributed by atoms with van der Waals surface area (Å²) >= 11 is 0. The summed E-state index contributed by atoms with van der Waals surface area (Å²) in [6, 6.07) is 19.2. The quantitative estimate of drug-likeness (QED) is 0.326. The van der Waals surface area contributed by atoms with E-state index in [0.717, 1.165) is 31.3 Å². The first-order valence-corrected chi connectivity index (χ1v) is 11.3. The van der Waals surface area contributed by atoms with Gasteiger partial charge in [-0.1, -0.05) is 48.5 Å². The first-order valence-electron chi connectivity index (χ1n) is 10.1. The van der Waals surface area contributed by atoms with Gasteiger partial charge in [0.05, 0.1) is 5.52 Å². The second kappa shape index (κ2) is 11.7. The molecule has 1 aromatic heterocycles. The van der Waals surface area contributed by atoms with Crippen LogP contribution in [0, 0.1) is 0 Å². The van der Waals surface area contributed by atoms with Gasteiger partial charge in [0.15, 0.2) is 0 Å². The fraction of sp³-hybridized carbons (Fsp3) is 0.348. The molecular formula is C23H28N2O3P+. The van der Waals surface area contributed by atoms with E-state index in [9.17, 15) is 4.57 Å². The van der Waals surface area contributed by atoms with Crippen molar-refractivity contribution in [2.45, 2.75) is 38.6 Å². The minimum absolute atomic E-state index is 0.277. The van der Waals surface area contributed by atoms with E-state index in [1.807, 2.05) is 12.3 Å². The number of hydrogen-bond donors (Lipinski definition) is 2. The Morgan fingerprint density at radius 3 is 2.55 bits per heavy atom. The van der Waals surface area contributed by atoms with Crippen LogP contribution in [0.25, 0.3) is 10.9 Å². The van der Waals surface area contributed by atoms with Crippen molar-refractivity contribution >= 4 is 19.2 Å². The summed E-state index contributed by atoms with van der Waals surface area (Å²) in [4.78, 5) is 13.2. The summed E-state index contributed by atoms with van der Waals surface area (Å²) < 4.78 is 15.2. The molecule has 1 atom stereocenters. The minimum atomic E-state index is -2.50. The third-order valence-corrected chi connectivity index (χ3v) is 5.37. The van der Waals surface area contributed by atoms with Gasteiger partial charge < -0.3 is 5.32 Å². The van der Waals surface area contributed by atoms with Crippen LogP contribution in [0.15, 0.2) is 60.8 Å². The van der Waals surface area contributed by atoms with Crippen LogP contribution in [0.5, 0.6) is 0 Å². The molecule has 2 N–H and O–H groups in total. The second-order valence-corrected chi connectivity index (χ2v) is 7.81. The van der Waals surface area contributed by atoms with E-state index in [1.54, 1.807) is 0 Å². The number of hydrogen-bond acceptors (Lipinski definition) is 4. The van der Waals surface area contributed by atoms with Crippen molar-refractivity contribution in [1.29, 1.82) is 0 Å². The van der Waals surface area contributed by atoms with Gasteiger partial charge in [-0.2, -0.15) is 0 Å². The van der Waals surface area contributed by atoms with Crippen molar-refractivity contribution < 1.29 is 14.0 Å². The first kappa shape index (κ1) is 21.5. The van der Waals surface area contributed by atoms with Crippen LogP contribution >= 0.6 is 8.25 Å². The molecule has 1 heterocycles. The number of nitrogens with one attached hydrogen (secondary N) is 1. The van der Waals surface area contributed by atoms with Gasteiger partial charge >= 0.3 is 8.25 Å². The molecule has 0 radical (unpaired) electrons. The summed E-state index contributed by atoms with van der Waals surface area (Å²) in [6.07, 6.45) is 7.04. The normalized spacial score (nSPS) is 11.7. The van der Waals surface area contributed by atoms with Crippen molar-refractivity contribution in [3.05, 3.63) is 77.5 Å². The van der Waals surface area contributed by atoms with Crippen LogP contribution in [0.3, 0.4) is 0 Å². The van der Waals surface area contributed by atoms with Crippen LogP contribution in [0.1, 0.15) is 36.0 Å². The lowest BCUT2D eigenvalue weighted by molar-refractivity contribution is 0.276. The molecule has 0 aliphatic heterocycles. The topological polar surface area (TPSA) is 71.5 Å². The number of nitrogens with zero attached hydrogens (tertiary/aromatic N) is 1. The third-order valence-electron chi connectivity index (χ3n) is 4.96. The monoisotopic (exact) mass is 411 g/mol. The molecule has 2 aromatic carbocycles. The maximum Gasteiger partial charge on any atom is 0.694 e. The molecule has 152 valence electrons. The van der Waals surface area contributed by atoms with Crippen molar-refractivity contribution in [3.63, 3.8) is 0 Å². The first-order chi connectivity index (χ1) is 14.2. The lowest BCUT2D eigenvalue weighted by atomic mass is 9.98. The molecule has 3 aromatic rings. The zero-order chi connectivity index (χ0) is 20.3. The van der Waals surface area contributed by atoms with Crippen molar-refractivity contribution in [2.24, 2.45) is 0 Å². The predicted octanol–water partition coefficient (Wildman–Crippen LogP) is 4.95. The van der Waals surface area contributed by atoms with Gasteiger partial charge in [0.2, 0.25) is 0 Å². The number of benzene rings is 2. The average molecular weight is 411 g/mol. The standard InChI is InChI=1S/C23H27N2O3P/c26-29(27)28-17-7-15-24-18-21-14-13-20(22-12-6-16-25-23(21)22)11-5-4-10-19-8-2-1-3-9-19/h1-3,6,8-9,12-14,16,24H,4-5,7,10-11,15,17-18H2/p+1. The second-order valence-electron chi connectivity index (χ2n) is 7.08. The van der Waals surface area contributed by atoms with E-state index in [1.165, 1.54) is 28.5 Å². The van der Waals surface area contributed by atoms with Gasteiger partial charge in [0, 0.05) is 22.7 Å². The Bertz CT molecular complexity index is 918. The molecule has 0 aliphatic carbocycles. The molecule has 0 amide bonds. The third kappa shape index (κ3) is 6.98. The van der Waals surface area contributed by atoms with E-state index in [-0.39, 0.29) is 6.61 Å². The Kier molecular flexibility index (Phi) is 8.72. The van der Waals surface area contributed by atoms with E-state index in [2.05, 4.69) is 63.4 Å². The van der Waals surface area contributed by atoms with Gasteiger partial charge in [-0.25, -0.2) is 0 Å². The zero-order valence-corrected chi connectivity index (χ0v) is 17.5. The predicted molar refractivity (Wildman–Crippen MR) is 117 cm³/mol. The molecule has 0 saturated carbocycles. The average Bonchev–Trinajstić information content (AvgIpc) is 2.75. The summed E-state index contributed by atoms with van der Waals surface area (Å²) in [6.45, 7) is 1.71. The van der Waals surface area contributed by atoms with Crippen molar-refractivity contribution in [1.82, 2.24) is 10.3 Å². The molecule has 0 saturated heterocycles. The molecule has 0 fully saturated rings. The van der Waals surface area contributed by atoms with E-state index >= 15 is 0 Å². The highest BCUT2D eigenvalue weighted by Gasteiger charge is 2.10. The Balaban J connectivity index is 1.53. The largest absolute Gasteiger partial charge is 0.694 e. The SMILES string of the molecule is O=[P+](O)OCCCNCc1ccc(CCCCc2ccccc2)c2cccnc12. The maximum absolute atomic E-state index is 10.5. The van der Waals surface area contributed by atoms with E-state index in [0.29, 0.717) is 13.0 Å². The number of aromatic nitrogens is 1. The van der Waals surface area contributed by atoms with Crippen LogP contribution in [0.4, 0.5) is 0 Å². The smallest absolute Gasteiger partial charge is 0.313 e. The summed E-state index contributed by atoms with van der Waals surface area (Å²) in [5.41, 5.74) is 4.97. The Morgan fingerprint density at radius 2 is 1.72 bits per heavy atom. The van der Waals surface area contributed by atoms with Gasteiger partial charge in [0.25, 0.3) is 0 Å². The van der Waals surface area contributed by atoms with Crippen LogP contribution in [0.2, 0.25) is 0 Å². The van der Waals surface area contributed by atoms with Crippen LogP contribution < -0.4 is 5.32 Å². The molecule has 6 heteroatoms. The lowest BCUT2D eigenvalue weighted by Crippen LogP contribution is -2.16. The molecule has 29 heavy (non-hydrogen) atoms. The fourth-order valence-corrected chi connectivity index (χ4v) is 3.79. The highest BCUT2D eigenvalue weighted by atomic mass is 31.1. The molecule has 5 nitrogen and oxygen atoms in total. The van der Waals surface area contributed by atoms with Crippen molar-refractivity contribution in [2.75, 3.05) is 13.2 Å². The zero-order valence-electron chi connectivity index (χ0n) is 16.6. The van der Waals surface area contributed by atoms with Gasteiger partial charge in [-0.3, -0.25) is 4.98 Å². The Morgan fingerprint density at radius 1 is 0.931 bits per heavy atom. The number of pyridine rings is 1. The Labute approximate surface area is 173 Å².